The third-order valence-electron chi connectivity index (χ3n) is 2.66. The first-order valence-electron chi connectivity index (χ1n) is 5.80. The molecular formula is C13H13BrClN3O. The smallest absolute Gasteiger partial charge is 0.272 e. The molecular weight excluding hydrogens is 330 g/mol. The number of pyridine rings is 1. The SMILES string of the molecule is CCn1cc(Br)cc1C(=O)Nc1cc(C)cnc1Cl. The van der Waals surface area contributed by atoms with E-state index in [9.17, 15) is 4.79 Å². The van der Waals surface area contributed by atoms with Gasteiger partial charge in [0, 0.05) is 23.4 Å². The Morgan fingerprint density at radius 3 is 2.95 bits per heavy atom. The van der Waals surface area contributed by atoms with Gasteiger partial charge >= 0.3 is 0 Å². The molecule has 2 rings (SSSR count). The molecule has 2 heterocycles. The van der Waals surface area contributed by atoms with Gasteiger partial charge in [-0.1, -0.05) is 11.6 Å². The first-order chi connectivity index (χ1) is 9.01. The number of rotatable bonds is 3. The van der Waals surface area contributed by atoms with E-state index in [2.05, 4.69) is 26.2 Å². The van der Waals surface area contributed by atoms with Crippen LogP contribution in [-0.2, 0) is 6.54 Å². The summed E-state index contributed by atoms with van der Waals surface area (Å²) in [5.74, 6) is -0.207. The Bertz CT molecular complexity index is 624. The topological polar surface area (TPSA) is 46.9 Å². The first kappa shape index (κ1) is 14.1. The predicted octanol–water partition coefficient (Wildman–Crippen LogP) is 3.88. The fourth-order valence-electron chi connectivity index (χ4n) is 1.75. The lowest BCUT2D eigenvalue weighted by molar-refractivity contribution is 0.101. The molecule has 6 heteroatoms. The fourth-order valence-corrected chi connectivity index (χ4v) is 2.37. The molecule has 0 spiro atoms. The number of nitrogens with one attached hydrogen (secondary N) is 1. The van der Waals surface area contributed by atoms with Crippen LogP contribution in [0.1, 0.15) is 23.0 Å². The van der Waals surface area contributed by atoms with Crippen molar-refractivity contribution in [2.24, 2.45) is 0 Å². The van der Waals surface area contributed by atoms with Crippen LogP contribution in [0.3, 0.4) is 0 Å². The lowest BCUT2D eigenvalue weighted by Gasteiger charge is -2.09. The molecule has 100 valence electrons. The molecule has 0 aliphatic heterocycles. The van der Waals surface area contributed by atoms with E-state index in [1.807, 2.05) is 24.6 Å². The van der Waals surface area contributed by atoms with Gasteiger partial charge < -0.3 is 9.88 Å². The molecule has 0 saturated carbocycles. The molecule has 1 N–H and O–H groups in total. The highest BCUT2D eigenvalue weighted by Crippen LogP contribution is 2.22. The summed E-state index contributed by atoms with van der Waals surface area (Å²) in [4.78, 5) is 16.2. The number of halogens is 2. The van der Waals surface area contributed by atoms with Crippen LogP contribution < -0.4 is 5.32 Å². The molecule has 0 fully saturated rings. The van der Waals surface area contributed by atoms with E-state index < -0.39 is 0 Å². The zero-order chi connectivity index (χ0) is 14.0. The standard InChI is InChI=1S/C13H13BrClN3O/c1-3-18-7-9(14)5-11(18)13(19)17-10-4-8(2)6-16-12(10)15/h4-7H,3H2,1-2H3,(H,17,19). The minimum Gasteiger partial charge on any atom is -0.343 e. The first-order valence-corrected chi connectivity index (χ1v) is 6.97. The summed E-state index contributed by atoms with van der Waals surface area (Å²) < 4.78 is 2.73. The molecule has 0 radical (unpaired) electrons. The summed E-state index contributed by atoms with van der Waals surface area (Å²) in [5, 5.41) is 3.07. The van der Waals surface area contributed by atoms with Gasteiger partial charge in [0.05, 0.1) is 5.69 Å². The summed E-state index contributed by atoms with van der Waals surface area (Å²) in [6.07, 6.45) is 3.52. The van der Waals surface area contributed by atoms with Crippen molar-refractivity contribution >= 4 is 39.1 Å². The van der Waals surface area contributed by atoms with Crippen molar-refractivity contribution in [3.05, 3.63) is 45.4 Å². The maximum absolute atomic E-state index is 12.2. The van der Waals surface area contributed by atoms with Crippen LogP contribution in [0.2, 0.25) is 5.15 Å². The van der Waals surface area contributed by atoms with E-state index in [0.29, 0.717) is 17.9 Å². The van der Waals surface area contributed by atoms with Crippen molar-refractivity contribution in [1.82, 2.24) is 9.55 Å². The normalized spacial score (nSPS) is 10.5. The quantitative estimate of drug-likeness (QED) is 0.861. The highest BCUT2D eigenvalue weighted by atomic mass is 79.9. The van der Waals surface area contributed by atoms with Crippen molar-refractivity contribution in [1.29, 1.82) is 0 Å². The third kappa shape index (κ3) is 3.16. The molecule has 0 aliphatic rings. The molecule has 0 aliphatic carbocycles. The number of carbonyl (C=O) groups excluding carboxylic acids is 1. The molecule has 1 amide bonds. The van der Waals surface area contributed by atoms with Gasteiger partial charge in [-0.05, 0) is 47.5 Å². The molecule has 0 unspecified atom stereocenters. The van der Waals surface area contributed by atoms with Crippen LogP contribution in [0, 0.1) is 6.92 Å². The van der Waals surface area contributed by atoms with E-state index in [0.717, 1.165) is 10.0 Å². The number of amides is 1. The summed E-state index contributed by atoms with van der Waals surface area (Å²) in [7, 11) is 0. The van der Waals surface area contributed by atoms with Crippen molar-refractivity contribution in [2.75, 3.05) is 5.32 Å². The Labute approximate surface area is 124 Å². The number of hydrogen-bond donors (Lipinski definition) is 1. The highest BCUT2D eigenvalue weighted by molar-refractivity contribution is 9.10. The van der Waals surface area contributed by atoms with Gasteiger partial charge in [0.15, 0.2) is 5.15 Å². The maximum atomic E-state index is 12.2. The molecule has 0 bridgehead atoms. The van der Waals surface area contributed by atoms with E-state index in [4.69, 9.17) is 11.6 Å². The van der Waals surface area contributed by atoms with Crippen molar-refractivity contribution in [3.8, 4) is 0 Å². The third-order valence-corrected chi connectivity index (χ3v) is 3.40. The predicted molar refractivity (Wildman–Crippen MR) is 79.7 cm³/mol. The molecule has 0 saturated heterocycles. The van der Waals surface area contributed by atoms with Crippen molar-refractivity contribution in [2.45, 2.75) is 20.4 Å². The van der Waals surface area contributed by atoms with Crippen molar-refractivity contribution in [3.63, 3.8) is 0 Å². The van der Waals surface area contributed by atoms with Crippen LogP contribution >= 0.6 is 27.5 Å². The van der Waals surface area contributed by atoms with E-state index in [1.165, 1.54) is 0 Å². The Kier molecular flexibility index (Phi) is 4.27. The number of anilines is 1. The van der Waals surface area contributed by atoms with Crippen LogP contribution in [0.4, 0.5) is 5.69 Å². The second-order valence-electron chi connectivity index (χ2n) is 4.13. The highest BCUT2D eigenvalue weighted by Gasteiger charge is 2.14. The number of aromatic nitrogens is 2. The van der Waals surface area contributed by atoms with Gasteiger partial charge in [-0.2, -0.15) is 0 Å². The van der Waals surface area contributed by atoms with Gasteiger partial charge in [0.2, 0.25) is 0 Å². The molecule has 2 aromatic heterocycles. The lowest BCUT2D eigenvalue weighted by atomic mass is 10.3. The minimum absolute atomic E-state index is 0.207. The van der Waals surface area contributed by atoms with Crippen LogP contribution in [0.25, 0.3) is 0 Å². The van der Waals surface area contributed by atoms with Gasteiger partial charge in [0.25, 0.3) is 5.91 Å². The van der Waals surface area contributed by atoms with Crippen LogP contribution in [0.5, 0.6) is 0 Å². The van der Waals surface area contributed by atoms with Gasteiger partial charge in [-0.3, -0.25) is 4.79 Å². The van der Waals surface area contributed by atoms with E-state index in [-0.39, 0.29) is 11.1 Å². The number of aryl methyl sites for hydroxylation is 2. The Morgan fingerprint density at radius 2 is 2.26 bits per heavy atom. The zero-order valence-corrected chi connectivity index (χ0v) is 12.9. The zero-order valence-electron chi connectivity index (χ0n) is 10.6. The largest absolute Gasteiger partial charge is 0.343 e. The van der Waals surface area contributed by atoms with Gasteiger partial charge in [0.1, 0.15) is 5.69 Å². The van der Waals surface area contributed by atoms with Gasteiger partial charge in [-0.25, -0.2) is 4.98 Å². The van der Waals surface area contributed by atoms with E-state index >= 15 is 0 Å². The lowest BCUT2D eigenvalue weighted by Crippen LogP contribution is -2.16. The van der Waals surface area contributed by atoms with Crippen LogP contribution in [-0.4, -0.2) is 15.5 Å². The minimum atomic E-state index is -0.207. The molecule has 19 heavy (non-hydrogen) atoms. The molecule has 4 nitrogen and oxygen atoms in total. The van der Waals surface area contributed by atoms with E-state index in [1.54, 1.807) is 18.3 Å². The van der Waals surface area contributed by atoms with Gasteiger partial charge in [-0.15, -0.1) is 0 Å². The Hall–Kier alpha value is -1.33. The number of nitrogens with zero attached hydrogens (tertiary/aromatic N) is 2. The summed E-state index contributed by atoms with van der Waals surface area (Å²) in [6, 6.07) is 3.57. The Morgan fingerprint density at radius 1 is 1.53 bits per heavy atom. The fraction of sp³-hybridized carbons (Fsp3) is 0.231. The molecule has 0 atom stereocenters. The maximum Gasteiger partial charge on any atom is 0.272 e. The van der Waals surface area contributed by atoms with Crippen LogP contribution in [0.15, 0.2) is 29.0 Å². The Balaban J connectivity index is 2.27. The number of carbonyl (C=O) groups is 1. The summed E-state index contributed by atoms with van der Waals surface area (Å²) in [5.41, 5.74) is 2.03. The average Bonchev–Trinajstić information content (AvgIpc) is 2.75. The second kappa shape index (κ2) is 5.75. The summed E-state index contributed by atoms with van der Waals surface area (Å²) >= 11 is 9.33. The summed E-state index contributed by atoms with van der Waals surface area (Å²) in [6.45, 7) is 4.59. The van der Waals surface area contributed by atoms with Crippen molar-refractivity contribution < 1.29 is 4.79 Å². The number of hydrogen-bond acceptors (Lipinski definition) is 2. The molecule has 0 aromatic carbocycles. The second-order valence-corrected chi connectivity index (χ2v) is 5.41. The monoisotopic (exact) mass is 341 g/mol. The average molecular weight is 343 g/mol. The molecule has 2 aromatic rings.